The third kappa shape index (κ3) is 8.20. The first kappa shape index (κ1) is 38.5. The number of aliphatic hydroxyl groups is 12. The van der Waals surface area contributed by atoms with Gasteiger partial charge in [0.05, 0.1) is 25.9 Å². The molecule has 0 radical (unpaired) electrons. The molecular weight excluding hydrogens is 646 g/mol. The molecule has 4 saturated heterocycles. The van der Waals surface area contributed by atoms with Crippen LogP contribution in [0.1, 0.15) is 13.8 Å². The van der Waals surface area contributed by atoms with Crippen molar-refractivity contribution in [3.63, 3.8) is 0 Å². The summed E-state index contributed by atoms with van der Waals surface area (Å²) in [6.45, 7) is 0.276. The van der Waals surface area contributed by atoms with Crippen molar-refractivity contribution >= 4 is 5.91 Å². The molecule has 21 heteroatoms. The lowest BCUT2D eigenvalue weighted by atomic mass is 9.95. The minimum absolute atomic E-state index is 0.647. The molecule has 4 aliphatic heterocycles. The second-order valence-corrected chi connectivity index (χ2v) is 11.9. The van der Waals surface area contributed by atoms with E-state index in [0.717, 1.165) is 6.92 Å². The number of ether oxygens (including phenoxy) is 7. The van der Waals surface area contributed by atoms with Gasteiger partial charge in [0.15, 0.2) is 25.2 Å². The van der Waals surface area contributed by atoms with E-state index in [1.165, 1.54) is 6.92 Å². The third-order valence-corrected chi connectivity index (χ3v) is 8.52. The molecule has 0 aromatic heterocycles. The lowest BCUT2D eigenvalue weighted by Gasteiger charge is -2.48. The summed E-state index contributed by atoms with van der Waals surface area (Å²) >= 11 is 0. The van der Waals surface area contributed by atoms with Crippen molar-refractivity contribution in [2.75, 3.05) is 19.8 Å². The van der Waals surface area contributed by atoms with Crippen molar-refractivity contribution in [1.82, 2.24) is 5.32 Å². The van der Waals surface area contributed by atoms with Gasteiger partial charge >= 0.3 is 0 Å². The molecule has 4 rings (SSSR count). The fourth-order valence-corrected chi connectivity index (χ4v) is 5.80. The number of hydrogen-bond acceptors (Lipinski definition) is 20. The Balaban J connectivity index is 1.46. The van der Waals surface area contributed by atoms with Crippen molar-refractivity contribution in [1.29, 1.82) is 0 Å². The minimum atomic E-state index is -1.96. The Hall–Kier alpha value is -1.29. The van der Waals surface area contributed by atoms with E-state index >= 15 is 0 Å². The minimum Gasteiger partial charge on any atom is -0.394 e. The zero-order valence-electron chi connectivity index (χ0n) is 25.3. The molecule has 0 spiro atoms. The van der Waals surface area contributed by atoms with Crippen molar-refractivity contribution in [3.8, 4) is 0 Å². The second kappa shape index (κ2) is 16.2. The van der Waals surface area contributed by atoms with Gasteiger partial charge in [-0.3, -0.25) is 4.79 Å². The highest BCUT2D eigenvalue weighted by Gasteiger charge is 2.54. The molecule has 0 bridgehead atoms. The van der Waals surface area contributed by atoms with Crippen LogP contribution in [-0.4, -0.2) is 210 Å². The van der Waals surface area contributed by atoms with E-state index in [-0.39, 0.29) is 0 Å². The number of hydrogen-bond donors (Lipinski definition) is 13. The highest BCUT2D eigenvalue weighted by Crippen LogP contribution is 2.33. The van der Waals surface area contributed by atoms with Gasteiger partial charge in [-0.05, 0) is 6.92 Å². The molecule has 0 unspecified atom stereocenters. The average molecular weight is 692 g/mol. The van der Waals surface area contributed by atoms with E-state index < -0.39 is 148 Å². The van der Waals surface area contributed by atoms with Crippen LogP contribution in [0.3, 0.4) is 0 Å². The standard InChI is InChI=1S/C26H45NO20/c1-6-12(32)22(19(39)26(42-6)46-21-11(27-7(2)30)23(40)43-9(4-29)14(21)34)47-25-17(37)15(35)13(33)10(44-25)5-41-24-18(38)16(36)20(45-24)8(31)3-28/h6,8-26,28-29,31-40H,3-5H2,1-2H3,(H,27,30)/t6-,8+,9+,10+,11+,12-,13+,14+,15-,16+,17+,18+,19+,20-,21+,22+,23-,24+,25+,26-/m0/s1. The Morgan fingerprint density at radius 1 is 0.702 bits per heavy atom. The Kier molecular flexibility index (Phi) is 13.2. The summed E-state index contributed by atoms with van der Waals surface area (Å²) in [4.78, 5) is 11.8. The molecule has 4 fully saturated rings. The highest BCUT2D eigenvalue weighted by atomic mass is 16.8. The summed E-state index contributed by atoms with van der Waals surface area (Å²) in [6, 6.07) is -1.41. The normalized spacial score (nSPS) is 49.9. The summed E-state index contributed by atoms with van der Waals surface area (Å²) in [5, 5.41) is 126. The molecule has 21 nitrogen and oxygen atoms in total. The highest BCUT2D eigenvalue weighted by molar-refractivity contribution is 5.73. The summed E-state index contributed by atoms with van der Waals surface area (Å²) < 4.78 is 38.3. The van der Waals surface area contributed by atoms with Gasteiger partial charge in [0, 0.05) is 6.92 Å². The quantitative estimate of drug-likeness (QED) is 0.0956. The maximum Gasteiger partial charge on any atom is 0.217 e. The molecule has 0 aromatic carbocycles. The van der Waals surface area contributed by atoms with Crippen LogP contribution in [0.5, 0.6) is 0 Å². The third-order valence-electron chi connectivity index (χ3n) is 8.52. The van der Waals surface area contributed by atoms with Crippen molar-refractivity contribution in [3.05, 3.63) is 0 Å². The number of amides is 1. The van der Waals surface area contributed by atoms with E-state index in [1.807, 2.05) is 0 Å². The van der Waals surface area contributed by atoms with E-state index in [0.29, 0.717) is 0 Å². The Morgan fingerprint density at radius 3 is 1.94 bits per heavy atom. The van der Waals surface area contributed by atoms with Crippen LogP contribution >= 0.6 is 0 Å². The van der Waals surface area contributed by atoms with Gasteiger partial charge in [-0.2, -0.15) is 0 Å². The summed E-state index contributed by atoms with van der Waals surface area (Å²) in [6.07, 6.45) is -31.4. The smallest absolute Gasteiger partial charge is 0.217 e. The number of aliphatic hydroxyl groups excluding tert-OH is 12. The van der Waals surface area contributed by atoms with Crippen molar-refractivity contribution < 1.29 is 99.2 Å². The summed E-state index contributed by atoms with van der Waals surface area (Å²) in [5.41, 5.74) is 0. The van der Waals surface area contributed by atoms with Crippen LogP contribution < -0.4 is 5.32 Å². The van der Waals surface area contributed by atoms with Gasteiger partial charge in [0.2, 0.25) is 5.91 Å². The van der Waals surface area contributed by atoms with E-state index in [2.05, 4.69) is 5.32 Å². The molecular formula is C26H45NO20. The zero-order valence-corrected chi connectivity index (χ0v) is 25.3. The van der Waals surface area contributed by atoms with Gasteiger partial charge in [0.25, 0.3) is 0 Å². The SMILES string of the molecule is CC(=O)N[C@@H]1[C@@H](O[C@@H]2O[C@@H](C)[C@H](O)[C@@H](O[C@H]3O[C@H](CO[C@@H]4O[C@@H]([C@H](O)CO)[C@H](O)[C@H]4O)[C@@H](O)[C@H](O)[C@H]3O)[C@H]2O)[C@H](O)[C@@H](CO)O[C@@H]1O. The molecule has 4 aliphatic rings. The molecule has 13 N–H and O–H groups in total. The van der Waals surface area contributed by atoms with Gasteiger partial charge in [-0.15, -0.1) is 0 Å². The van der Waals surface area contributed by atoms with E-state index in [1.54, 1.807) is 0 Å². The maximum absolute atomic E-state index is 11.8. The number of carbonyl (C=O) groups is 1. The molecule has 4 heterocycles. The molecule has 0 aliphatic carbocycles. The lowest BCUT2D eigenvalue weighted by Crippen LogP contribution is -2.68. The van der Waals surface area contributed by atoms with Crippen LogP contribution in [0.25, 0.3) is 0 Å². The van der Waals surface area contributed by atoms with Crippen molar-refractivity contribution in [2.45, 2.75) is 137 Å². The summed E-state index contributed by atoms with van der Waals surface area (Å²) in [5.74, 6) is -0.647. The average Bonchev–Trinajstić information content (AvgIpc) is 3.32. The lowest BCUT2D eigenvalue weighted by molar-refractivity contribution is -0.371. The fourth-order valence-electron chi connectivity index (χ4n) is 5.80. The number of nitrogens with one attached hydrogen (secondary N) is 1. The van der Waals surface area contributed by atoms with Crippen molar-refractivity contribution in [2.24, 2.45) is 0 Å². The van der Waals surface area contributed by atoms with Crippen LogP contribution in [0, 0.1) is 0 Å². The molecule has 20 atom stereocenters. The molecule has 47 heavy (non-hydrogen) atoms. The van der Waals surface area contributed by atoms with Crippen LogP contribution in [0.4, 0.5) is 0 Å². The predicted octanol–water partition coefficient (Wildman–Crippen LogP) is -8.58. The predicted molar refractivity (Wildman–Crippen MR) is 144 cm³/mol. The fraction of sp³-hybridized carbons (Fsp3) is 0.962. The van der Waals surface area contributed by atoms with E-state index in [4.69, 9.17) is 38.3 Å². The first-order valence-electron chi connectivity index (χ1n) is 14.9. The van der Waals surface area contributed by atoms with Gasteiger partial charge < -0.3 is 99.8 Å². The monoisotopic (exact) mass is 691 g/mol. The van der Waals surface area contributed by atoms with Gasteiger partial charge in [-0.25, -0.2) is 0 Å². The van der Waals surface area contributed by atoms with E-state index in [9.17, 15) is 61.0 Å². The van der Waals surface area contributed by atoms with Gasteiger partial charge in [-0.1, -0.05) is 0 Å². The Morgan fingerprint density at radius 2 is 1.32 bits per heavy atom. The van der Waals surface area contributed by atoms with Gasteiger partial charge in [0.1, 0.15) is 91.5 Å². The molecule has 274 valence electrons. The largest absolute Gasteiger partial charge is 0.394 e. The number of rotatable bonds is 11. The van der Waals surface area contributed by atoms with Crippen LogP contribution in [0.15, 0.2) is 0 Å². The first-order chi connectivity index (χ1) is 22.1. The maximum atomic E-state index is 11.8. The molecule has 0 aromatic rings. The number of carbonyl (C=O) groups excluding carboxylic acids is 1. The molecule has 1 amide bonds. The van der Waals surface area contributed by atoms with Crippen LogP contribution in [-0.2, 0) is 38.0 Å². The Bertz CT molecular complexity index is 1010. The topological polar surface area (TPSA) is 336 Å². The Labute approximate surface area is 267 Å². The summed E-state index contributed by atoms with van der Waals surface area (Å²) in [7, 11) is 0. The molecule has 0 saturated carbocycles. The first-order valence-corrected chi connectivity index (χ1v) is 14.9. The zero-order chi connectivity index (χ0) is 34.9. The van der Waals surface area contributed by atoms with Crippen LogP contribution in [0.2, 0.25) is 0 Å². The second-order valence-electron chi connectivity index (χ2n) is 11.9.